The zero-order valence-electron chi connectivity index (χ0n) is 11.9. The van der Waals surface area contributed by atoms with Crippen molar-refractivity contribution in [3.05, 3.63) is 69.7 Å². The number of nitrogens with zero attached hydrogens (tertiary/aromatic N) is 1. The SMILES string of the molecule is CN(Cc1ccc(Cl)c(Cl)c1)C(=O)CCc1ccccc1. The zero-order valence-corrected chi connectivity index (χ0v) is 13.4. The van der Waals surface area contributed by atoms with Crippen LogP contribution in [0.15, 0.2) is 48.5 Å². The van der Waals surface area contributed by atoms with Crippen LogP contribution < -0.4 is 0 Å². The van der Waals surface area contributed by atoms with E-state index in [1.54, 1.807) is 24.1 Å². The average Bonchev–Trinajstić information content (AvgIpc) is 2.49. The highest BCUT2D eigenvalue weighted by Crippen LogP contribution is 2.23. The van der Waals surface area contributed by atoms with Gasteiger partial charge in [-0.15, -0.1) is 0 Å². The Morgan fingerprint density at radius 1 is 1.00 bits per heavy atom. The first kappa shape index (κ1) is 15.9. The third-order valence-electron chi connectivity index (χ3n) is 3.30. The Morgan fingerprint density at radius 3 is 2.38 bits per heavy atom. The van der Waals surface area contributed by atoms with Crippen molar-refractivity contribution >= 4 is 29.1 Å². The molecular formula is C17H17Cl2NO. The van der Waals surface area contributed by atoms with Crippen molar-refractivity contribution in [3.8, 4) is 0 Å². The molecule has 0 radical (unpaired) electrons. The number of amides is 1. The molecule has 1 amide bonds. The summed E-state index contributed by atoms with van der Waals surface area (Å²) < 4.78 is 0. The molecule has 2 rings (SSSR count). The second kappa shape index (κ2) is 7.48. The molecule has 2 aromatic rings. The predicted molar refractivity (Wildman–Crippen MR) is 87.7 cm³/mol. The lowest BCUT2D eigenvalue weighted by molar-refractivity contribution is -0.130. The summed E-state index contributed by atoms with van der Waals surface area (Å²) >= 11 is 11.9. The molecule has 0 aliphatic heterocycles. The van der Waals surface area contributed by atoms with Gasteiger partial charge in [0.05, 0.1) is 10.0 Å². The summed E-state index contributed by atoms with van der Waals surface area (Å²) in [6.07, 6.45) is 1.26. The average molecular weight is 322 g/mol. The van der Waals surface area contributed by atoms with Crippen LogP contribution in [-0.4, -0.2) is 17.9 Å². The number of hydrogen-bond donors (Lipinski definition) is 0. The van der Waals surface area contributed by atoms with Gasteiger partial charge in [-0.05, 0) is 29.7 Å². The van der Waals surface area contributed by atoms with Crippen molar-refractivity contribution in [1.29, 1.82) is 0 Å². The number of carbonyl (C=O) groups is 1. The van der Waals surface area contributed by atoms with Gasteiger partial charge in [0.2, 0.25) is 5.91 Å². The van der Waals surface area contributed by atoms with Crippen molar-refractivity contribution in [3.63, 3.8) is 0 Å². The fourth-order valence-electron chi connectivity index (χ4n) is 2.09. The van der Waals surface area contributed by atoms with Crippen LogP contribution in [0.5, 0.6) is 0 Å². The van der Waals surface area contributed by atoms with E-state index < -0.39 is 0 Å². The molecule has 0 saturated carbocycles. The van der Waals surface area contributed by atoms with Gasteiger partial charge in [0.1, 0.15) is 0 Å². The summed E-state index contributed by atoms with van der Waals surface area (Å²) in [6, 6.07) is 15.4. The lowest BCUT2D eigenvalue weighted by Crippen LogP contribution is -2.26. The first-order chi connectivity index (χ1) is 10.1. The van der Waals surface area contributed by atoms with Gasteiger partial charge >= 0.3 is 0 Å². The first-order valence-electron chi connectivity index (χ1n) is 6.78. The van der Waals surface area contributed by atoms with E-state index in [1.165, 1.54) is 5.56 Å². The molecule has 2 aromatic carbocycles. The Bertz CT molecular complexity index is 613. The number of hydrogen-bond acceptors (Lipinski definition) is 1. The number of halogens is 2. The molecule has 0 heterocycles. The van der Waals surface area contributed by atoms with Crippen LogP contribution >= 0.6 is 23.2 Å². The summed E-state index contributed by atoms with van der Waals surface area (Å²) in [7, 11) is 1.80. The Kier molecular flexibility index (Phi) is 5.66. The topological polar surface area (TPSA) is 20.3 Å². The maximum Gasteiger partial charge on any atom is 0.222 e. The van der Waals surface area contributed by atoms with E-state index in [1.807, 2.05) is 36.4 Å². The predicted octanol–water partition coefficient (Wildman–Crippen LogP) is 4.58. The standard InChI is InChI=1S/C17H17Cl2NO/c1-20(12-14-7-9-15(18)16(19)11-14)17(21)10-8-13-5-3-2-4-6-13/h2-7,9,11H,8,10,12H2,1H3. The molecule has 0 saturated heterocycles. The highest BCUT2D eigenvalue weighted by Gasteiger charge is 2.10. The van der Waals surface area contributed by atoms with Crippen LogP contribution in [0.4, 0.5) is 0 Å². The van der Waals surface area contributed by atoms with Gasteiger partial charge in [0.25, 0.3) is 0 Å². The van der Waals surface area contributed by atoms with Crippen LogP contribution in [0.3, 0.4) is 0 Å². The fourth-order valence-corrected chi connectivity index (χ4v) is 2.41. The van der Waals surface area contributed by atoms with Crippen LogP contribution in [0.25, 0.3) is 0 Å². The number of rotatable bonds is 5. The largest absolute Gasteiger partial charge is 0.341 e. The van der Waals surface area contributed by atoms with Gasteiger partial charge < -0.3 is 4.90 Å². The molecule has 0 spiro atoms. The number of carbonyl (C=O) groups excluding carboxylic acids is 1. The van der Waals surface area contributed by atoms with E-state index in [0.717, 1.165) is 12.0 Å². The Hall–Kier alpha value is -1.51. The minimum atomic E-state index is 0.116. The molecule has 0 aliphatic rings. The Labute approximate surface area is 135 Å². The van der Waals surface area contributed by atoms with E-state index in [4.69, 9.17) is 23.2 Å². The van der Waals surface area contributed by atoms with Gasteiger partial charge in [0.15, 0.2) is 0 Å². The van der Waals surface area contributed by atoms with Crippen molar-refractivity contribution < 1.29 is 4.79 Å². The smallest absolute Gasteiger partial charge is 0.222 e. The van der Waals surface area contributed by atoms with Gasteiger partial charge in [0, 0.05) is 20.0 Å². The lowest BCUT2D eigenvalue weighted by Gasteiger charge is -2.17. The van der Waals surface area contributed by atoms with Crippen molar-refractivity contribution in [2.24, 2.45) is 0 Å². The maximum absolute atomic E-state index is 12.1. The minimum absolute atomic E-state index is 0.116. The van der Waals surface area contributed by atoms with Crippen LogP contribution in [-0.2, 0) is 17.8 Å². The third kappa shape index (κ3) is 4.76. The molecule has 21 heavy (non-hydrogen) atoms. The van der Waals surface area contributed by atoms with Crippen LogP contribution in [0.2, 0.25) is 10.0 Å². The Morgan fingerprint density at radius 2 is 1.71 bits per heavy atom. The molecule has 110 valence electrons. The molecule has 0 N–H and O–H groups in total. The highest BCUT2D eigenvalue weighted by molar-refractivity contribution is 6.42. The molecular weight excluding hydrogens is 305 g/mol. The van der Waals surface area contributed by atoms with Crippen molar-refractivity contribution in [2.75, 3.05) is 7.05 Å². The molecule has 0 unspecified atom stereocenters. The van der Waals surface area contributed by atoms with E-state index >= 15 is 0 Å². The fraction of sp³-hybridized carbons (Fsp3) is 0.235. The quantitative estimate of drug-likeness (QED) is 0.789. The van der Waals surface area contributed by atoms with Gasteiger partial charge in [-0.25, -0.2) is 0 Å². The zero-order chi connectivity index (χ0) is 15.2. The second-order valence-electron chi connectivity index (χ2n) is 4.98. The molecule has 0 bridgehead atoms. The molecule has 0 atom stereocenters. The van der Waals surface area contributed by atoms with Crippen LogP contribution in [0, 0.1) is 0 Å². The monoisotopic (exact) mass is 321 g/mol. The highest BCUT2D eigenvalue weighted by atomic mass is 35.5. The molecule has 0 aliphatic carbocycles. The number of aryl methyl sites for hydroxylation is 1. The van der Waals surface area contributed by atoms with Crippen molar-refractivity contribution in [1.82, 2.24) is 4.90 Å². The van der Waals surface area contributed by atoms with Gasteiger partial charge in [-0.1, -0.05) is 59.6 Å². The first-order valence-corrected chi connectivity index (χ1v) is 7.53. The second-order valence-corrected chi connectivity index (χ2v) is 5.80. The normalized spacial score (nSPS) is 10.4. The van der Waals surface area contributed by atoms with Crippen molar-refractivity contribution in [2.45, 2.75) is 19.4 Å². The summed E-state index contributed by atoms with van der Waals surface area (Å²) in [5.41, 5.74) is 2.15. The van der Waals surface area contributed by atoms with E-state index in [9.17, 15) is 4.79 Å². The van der Waals surface area contributed by atoms with Gasteiger partial charge in [-0.2, -0.15) is 0 Å². The molecule has 4 heteroatoms. The maximum atomic E-state index is 12.1. The lowest BCUT2D eigenvalue weighted by atomic mass is 10.1. The van der Waals surface area contributed by atoms with E-state index in [-0.39, 0.29) is 5.91 Å². The summed E-state index contributed by atoms with van der Waals surface area (Å²) in [5, 5.41) is 1.04. The molecule has 0 aromatic heterocycles. The minimum Gasteiger partial charge on any atom is -0.341 e. The summed E-state index contributed by atoms with van der Waals surface area (Å²) in [6.45, 7) is 0.532. The van der Waals surface area contributed by atoms with Crippen LogP contribution in [0.1, 0.15) is 17.5 Å². The summed E-state index contributed by atoms with van der Waals surface area (Å²) in [4.78, 5) is 13.9. The van der Waals surface area contributed by atoms with Gasteiger partial charge in [-0.3, -0.25) is 4.79 Å². The Balaban J connectivity index is 1.88. The van der Waals surface area contributed by atoms with E-state index in [2.05, 4.69) is 0 Å². The molecule has 2 nitrogen and oxygen atoms in total. The third-order valence-corrected chi connectivity index (χ3v) is 4.04. The number of benzene rings is 2. The summed E-state index contributed by atoms with van der Waals surface area (Å²) in [5.74, 6) is 0.116. The molecule has 0 fully saturated rings. The van der Waals surface area contributed by atoms with E-state index in [0.29, 0.717) is 23.0 Å².